The van der Waals surface area contributed by atoms with Gasteiger partial charge in [-0.1, -0.05) is 38.1 Å². The molecule has 0 aliphatic carbocycles. The minimum atomic E-state index is -5.04. The first-order valence-electron chi connectivity index (χ1n) is 13.8. The van der Waals surface area contributed by atoms with Crippen molar-refractivity contribution in [2.24, 2.45) is 0 Å². The van der Waals surface area contributed by atoms with Gasteiger partial charge in [-0.15, -0.1) is 13.2 Å². The second-order valence-electron chi connectivity index (χ2n) is 10.7. The smallest absolute Gasteiger partial charge is 0.481 e. The fraction of sp³-hybridized carbons (Fsp3) is 0.483. The maximum atomic E-state index is 13.8. The summed E-state index contributed by atoms with van der Waals surface area (Å²) in [5.41, 5.74) is 1.87. The zero-order valence-corrected chi connectivity index (χ0v) is 25.0. The lowest BCUT2D eigenvalue weighted by atomic mass is 10.0. The number of carboxylic acids is 1. The van der Waals surface area contributed by atoms with Gasteiger partial charge in [0.05, 0.1) is 10.9 Å². The van der Waals surface area contributed by atoms with Crippen LogP contribution in [-0.2, 0) is 37.4 Å². The third-order valence-corrected chi connectivity index (χ3v) is 9.08. The zero-order chi connectivity index (χ0) is 31.9. The molecule has 0 aromatic heterocycles. The molecular weight excluding hydrogens is 591 g/mol. The molecule has 2 aromatic carbocycles. The van der Waals surface area contributed by atoms with E-state index in [-0.39, 0.29) is 68.2 Å². The molecule has 43 heavy (non-hydrogen) atoms. The molecule has 0 saturated carbocycles. The highest BCUT2D eigenvalue weighted by atomic mass is 32.2. The van der Waals surface area contributed by atoms with Crippen LogP contribution in [0.15, 0.2) is 47.4 Å². The van der Waals surface area contributed by atoms with E-state index in [0.717, 1.165) is 33.6 Å². The summed E-state index contributed by atoms with van der Waals surface area (Å²) in [4.78, 5) is 37.1. The Hall–Kier alpha value is -3.65. The molecule has 0 bridgehead atoms. The Kier molecular flexibility index (Phi) is 11.2. The summed E-state index contributed by atoms with van der Waals surface area (Å²) in [6.07, 6.45) is -5.86. The van der Waals surface area contributed by atoms with Crippen LogP contribution in [-0.4, -0.2) is 72.6 Å². The Morgan fingerprint density at radius 3 is 2.35 bits per heavy atom. The molecule has 2 N–H and O–H groups in total. The molecule has 236 valence electrons. The van der Waals surface area contributed by atoms with Gasteiger partial charge >= 0.3 is 12.3 Å². The van der Waals surface area contributed by atoms with E-state index in [9.17, 15) is 36.0 Å². The Morgan fingerprint density at radius 2 is 1.77 bits per heavy atom. The molecule has 0 unspecified atom stereocenters. The minimum absolute atomic E-state index is 0.0483. The number of carbonyl (C=O) groups is 3. The first kappa shape index (κ1) is 33.8. The molecule has 14 heteroatoms. The third-order valence-electron chi connectivity index (χ3n) is 7.13. The van der Waals surface area contributed by atoms with Crippen LogP contribution >= 0.6 is 0 Å². The monoisotopic (exact) mass is 627 g/mol. The van der Waals surface area contributed by atoms with Gasteiger partial charge in [0.1, 0.15) is 5.75 Å². The summed E-state index contributed by atoms with van der Waals surface area (Å²) in [5.74, 6) is -2.16. The SMILES string of the molecule is CC(=O)N1CCN(S(=O)(=O)c2ccc(OC(F)(F)F)c(CCCC(=O)O)c2)[C@@H](CC(=O)NCc2ccc(C(C)C)cc2)C1. The summed E-state index contributed by atoms with van der Waals surface area (Å²) in [5, 5.41) is 11.7. The van der Waals surface area contributed by atoms with Crippen molar-refractivity contribution in [2.75, 3.05) is 19.6 Å². The van der Waals surface area contributed by atoms with Crippen molar-refractivity contribution in [3.63, 3.8) is 0 Å². The van der Waals surface area contributed by atoms with Crippen molar-refractivity contribution >= 4 is 27.8 Å². The molecule has 1 fully saturated rings. The molecule has 1 aliphatic rings. The highest BCUT2D eigenvalue weighted by molar-refractivity contribution is 7.89. The van der Waals surface area contributed by atoms with E-state index in [1.165, 1.54) is 11.8 Å². The predicted octanol–water partition coefficient (Wildman–Crippen LogP) is 4.04. The van der Waals surface area contributed by atoms with Gasteiger partial charge in [0.25, 0.3) is 0 Å². The fourth-order valence-corrected chi connectivity index (χ4v) is 6.47. The number of carbonyl (C=O) groups excluding carboxylic acids is 2. The van der Waals surface area contributed by atoms with Crippen LogP contribution in [0.2, 0.25) is 0 Å². The fourth-order valence-electron chi connectivity index (χ4n) is 4.82. The van der Waals surface area contributed by atoms with Crippen molar-refractivity contribution < 1.29 is 45.8 Å². The second kappa shape index (κ2) is 14.2. The number of hydrogen-bond acceptors (Lipinski definition) is 6. The van der Waals surface area contributed by atoms with E-state index >= 15 is 0 Å². The standard InChI is InChI=1S/C29H36F3N3O7S/c1-19(2)22-9-7-21(8-10-22)17-33-27(37)16-24-18-34(20(3)36)13-14-35(24)43(40,41)25-11-12-26(42-29(30,31)32)23(15-25)5-4-6-28(38)39/h7-12,15,19,24H,4-6,13-14,16-18H2,1-3H3,(H,33,37)(H,38,39)/t24-/m0/s1. The van der Waals surface area contributed by atoms with E-state index < -0.39 is 40.1 Å². The summed E-state index contributed by atoms with van der Waals surface area (Å²) in [7, 11) is -4.35. The van der Waals surface area contributed by atoms with Crippen LogP contribution in [0.1, 0.15) is 62.6 Å². The molecule has 10 nitrogen and oxygen atoms in total. The van der Waals surface area contributed by atoms with Crippen LogP contribution in [0.5, 0.6) is 5.75 Å². The number of rotatable bonds is 12. The van der Waals surface area contributed by atoms with Crippen LogP contribution in [0.4, 0.5) is 13.2 Å². The lowest BCUT2D eigenvalue weighted by molar-refractivity contribution is -0.274. The largest absolute Gasteiger partial charge is 0.573 e. The third kappa shape index (κ3) is 9.68. The number of hydrogen-bond donors (Lipinski definition) is 2. The Morgan fingerprint density at radius 1 is 1.09 bits per heavy atom. The van der Waals surface area contributed by atoms with Crippen molar-refractivity contribution in [3.8, 4) is 5.75 Å². The number of benzene rings is 2. The number of nitrogens with zero attached hydrogens (tertiary/aromatic N) is 2. The number of nitrogens with one attached hydrogen (secondary N) is 1. The first-order valence-corrected chi connectivity index (χ1v) is 15.2. The van der Waals surface area contributed by atoms with Gasteiger partial charge in [0, 0.05) is 45.9 Å². The van der Waals surface area contributed by atoms with Gasteiger partial charge < -0.3 is 20.1 Å². The number of ether oxygens (including phenoxy) is 1. The molecule has 2 aromatic rings. The van der Waals surface area contributed by atoms with E-state index in [0.29, 0.717) is 5.92 Å². The Balaban J connectivity index is 1.83. The number of carboxylic acid groups (broad SMARTS) is 1. The molecule has 0 radical (unpaired) electrons. The van der Waals surface area contributed by atoms with Gasteiger partial charge in [-0.05, 0) is 53.6 Å². The second-order valence-corrected chi connectivity index (χ2v) is 12.6. The summed E-state index contributed by atoms with van der Waals surface area (Å²) < 4.78 is 71.6. The van der Waals surface area contributed by atoms with Gasteiger partial charge in [0.15, 0.2) is 0 Å². The first-order chi connectivity index (χ1) is 20.1. The average Bonchev–Trinajstić information content (AvgIpc) is 2.91. The highest BCUT2D eigenvalue weighted by Crippen LogP contribution is 2.32. The normalized spacial score (nSPS) is 16.3. The van der Waals surface area contributed by atoms with E-state index in [1.54, 1.807) is 0 Å². The minimum Gasteiger partial charge on any atom is -0.481 e. The number of amides is 2. The molecule has 1 saturated heterocycles. The van der Waals surface area contributed by atoms with Crippen LogP contribution in [0.3, 0.4) is 0 Å². The Labute approximate surface area is 248 Å². The maximum Gasteiger partial charge on any atom is 0.573 e. The van der Waals surface area contributed by atoms with Crippen molar-refractivity contribution in [2.45, 2.75) is 76.2 Å². The average molecular weight is 628 g/mol. The zero-order valence-electron chi connectivity index (χ0n) is 24.2. The van der Waals surface area contributed by atoms with E-state index in [4.69, 9.17) is 5.11 Å². The lowest BCUT2D eigenvalue weighted by Gasteiger charge is -2.40. The molecular formula is C29H36F3N3O7S. The summed E-state index contributed by atoms with van der Waals surface area (Å²) >= 11 is 0. The summed E-state index contributed by atoms with van der Waals surface area (Å²) in [6.45, 7) is 5.57. The molecule has 3 rings (SSSR count). The van der Waals surface area contributed by atoms with Crippen molar-refractivity contribution in [1.29, 1.82) is 0 Å². The quantitative estimate of drug-likeness (QED) is 0.363. The number of halogens is 3. The lowest BCUT2D eigenvalue weighted by Crippen LogP contribution is -2.57. The molecule has 1 aliphatic heterocycles. The van der Waals surface area contributed by atoms with E-state index in [1.807, 2.05) is 24.3 Å². The van der Waals surface area contributed by atoms with Gasteiger partial charge in [-0.3, -0.25) is 14.4 Å². The van der Waals surface area contributed by atoms with Crippen molar-refractivity contribution in [1.82, 2.24) is 14.5 Å². The van der Waals surface area contributed by atoms with Gasteiger partial charge in [-0.2, -0.15) is 4.31 Å². The number of piperazine rings is 1. The maximum absolute atomic E-state index is 13.8. The molecule has 1 heterocycles. The molecule has 1 atom stereocenters. The number of alkyl halides is 3. The summed E-state index contributed by atoms with van der Waals surface area (Å²) in [6, 6.07) is 9.68. The van der Waals surface area contributed by atoms with Gasteiger partial charge in [-0.25, -0.2) is 8.42 Å². The topological polar surface area (TPSA) is 133 Å². The predicted molar refractivity (Wildman–Crippen MR) is 151 cm³/mol. The number of aryl methyl sites for hydroxylation is 1. The number of aliphatic carboxylic acids is 1. The van der Waals surface area contributed by atoms with Gasteiger partial charge in [0.2, 0.25) is 21.8 Å². The number of sulfonamides is 1. The molecule has 2 amide bonds. The van der Waals surface area contributed by atoms with Crippen LogP contribution in [0, 0.1) is 0 Å². The molecule has 0 spiro atoms. The van der Waals surface area contributed by atoms with E-state index in [2.05, 4.69) is 23.9 Å². The highest BCUT2D eigenvalue weighted by Gasteiger charge is 2.39. The van der Waals surface area contributed by atoms with Crippen LogP contribution in [0.25, 0.3) is 0 Å². The van der Waals surface area contributed by atoms with Crippen molar-refractivity contribution in [3.05, 3.63) is 59.2 Å². The Bertz CT molecular complexity index is 1410. The van der Waals surface area contributed by atoms with Crippen LogP contribution < -0.4 is 10.1 Å².